The number of hydrogen-bond acceptors (Lipinski definition) is 8. The number of rotatable bonds is 7. The first kappa shape index (κ1) is 22.2. The topological polar surface area (TPSA) is 112 Å². The molecular weight excluding hydrogens is 452 g/mol. The number of Topliss-reactive ketones (excluding diaryl/α,β-unsaturated/α-hetero) is 1. The molecular formula is C21H22N4O5S2. The van der Waals surface area contributed by atoms with Crippen LogP contribution in [0.5, 0.6) is 11.5 Å². The molecule has 1 aromatic heterocycles. The third kappa shape index (κ3) is 4.89. The minimum absolute atomic E-state index is 0.100. The number of fused-ring (bicyclic) bond motifs is 1. The molecule has 32 heavy (non-hydrogen) atoms. The average Bonchev–Trinajstić information content (AvgIpc) is 3.12. The van der Waals surface area contributed by atoms with Crippen LogP contribution >= 0.6 is 11.8 Å². The fraction of sp³-hybridized carbons (Fsp3) is 0.286. The molecule has 2 aromatic carbocycles. The van der Waals surface area contributed by atoms with Crippen molar-refractivity contribution in [1.82, 2.24) is 14.8 Å². The number of hydrogen-bond donors (Lipinski definition) is 1. The van der Waals surface area contributed by atoms with Crippen LogP contribution in [0.25, 0.3) is 0 Å². The van der Waals surface area contributed by atoms with Gasteiger partial charge in [-0.1, -0.05) is 23.9 Å². The molecule has 0 fully saturated rings. The molecule has 4 rings (SSSR count). The zero-order chi connectivity index (χ0) is 22.9. The highest BCUT2D eigenvalue weighted by atomic mass is 32.2. The van der Waals surface area contributed by atoms with Crippen LogP contribution in [0, 0.1) is 0 Å². The van der Waals surface area contributed by atoms with Gasteiger partial charge in [0.15, 0.2) is 34.4 Å². The van der Waals surface area contributed by atoms with Gasteiger partial charge in [-0.15, -0.1) is 10.2 Å². The number of carbonyl (C=O) groups excluding carboxylic acids is 1. The molecule has 3 aromatic rings. The van der Waals surface area contributed by atoms with Crippen LogP contribution in [-0.4, -0.2) is 47.1 Å². The summed E-state index contributed by atoms with van der Waals surface area (Å²) in [6.07, 6.45) is 0.668. The van der Waals surface area contributed by atoms with E-state index in [2.05, 4.69) is 14.9 Å². The number of carbonyl (C=O) groups is 1. The Balaban J connectivity index is 1.43. The van der Waals surface area contributed by atoms with Gasteiger partial charge in [0, 0.05) is 18.3 Å². The predicted octanol–water partition coefficient (Wildman–Crippen LogP) is 3.06. The Morgan fingerprint density at radius 1 is 1.16 bits per heavy atom. The lowest BCUT2D eigenvalue weighted by Gasteiger charge is -2.25. The summed E-state index contributed by atoms with van der Waals surface area (Å²) < 4.78 is 38.6. The fourth-order valence-electron chi connectivity index (χ4n) is 3.22. The molecule has 0 bridgehead atoms. The minimum atomic E-state index is -3.37. The first-order chi connectivity index (χ1) is 15.2. The molecule has 0 unspecified atom stereocenters. The van der Waals surface area contributed by atoms with Gasteiger partial charge in [-0.05, 0) is 43.3 Å². The lowest BCUT2D eigenvalue weighted by molar-refractivity contribution is 0.0825. The van der Waals surface area contributed by atoms with E-state index in [9.17, 15) is 13.2 Å². The van der Waals surface area contributed by atoms with E-state index in [1.165, 1.54) is 11.8 Å². The first-order valence-corrected chi connectivity index (χ1v) is 12.5. The zero-order valence-corrected chi connectivity index (χ0v) is 19.3. The molecule has 0 radical (unpaired) electrons. The van der Waals surface area contributed by atoms with Crippen molar-refractivity contribution in [2.75, 3.05) is 17.6 Å². The van der Waals surface area contributed by atoms with E-state index in [1.807, 2.05) is 31.3 Å². The second-order valence-electron chi connectivity index (χ2n) is 7.34. The third-order valence-electron chi connectivity index (χ3n) is 4.79. The molecule has 9 nitrogen and oxygen atoms in total. The number of aromatic nitrogens is 3. The van der Waals surface area contributed by atoms with Gasteiger partial charge < -0.3 is 14.0 Å². The smallest absolute Gasteiger partial charge is 0.229 e. The molecule has 0 saturated heterocycles. The zero-order valence-electron chi connectivity index (χ0n) is 17.7. The number of sulfonamides is 1. The third-order valence-corrected chi connectivity index (χ3v) is 6.53. The fourth-order valence-corrected chi connectivity index (χ4v) is 4.68. The summed E-state index contributed by atoms with van der Waals surface area (Å²) in [5, 5.41) is 8.64. The van der Waals surface area contributed by atoms with Gasteiger partial charge in [0.1, 0.15) is 6.61 Å². The Labute approximate surface area is 190 Å². The van der Waals surface area contributed by atoms with E-state index in [1.54, 1.807) is 35.8 Å². The van der Waals surface area contributed by atoms with Crippen LogP contribution in [0.4, 0.5) is 5.69 Å². The number of ether oxygens (including phenoxy) is 2. The van der Waals surface area contributed by atoms with E-state index < -0.39 is 21.4 Å². The van der Waals surface area contributed by atoms with Crippen molar-refractivity contribution in [3.8, 4) is 11.5 Å². The molecule has 1 aliphatic heterocycles. The predicted molar refractivity (Wildman–Crippen MR) is 121 cm³/mol. The van der Waals surface area contributed by atoms with Crippen LogP contribution in [0.3, 0.4) is 0 Å². The quantitative estimate of drug-likeness (QED) is 0.411. The summed E-state index contributed by atoms with van der Waals surface area (Å²) in [5.41, 5.74) is 0.880. The Kier molecular flexibility index (Phi) is 6.11. The highest BCUT2D eigenvalue weighted by Crippen LogP contribution is 2.36. The Hall–Kier alpha value is -3.05. The molecule has 0 amide bonds. The van der Waals surface area contributed by atoms with Crippen molar-refractivity contribution < 1.29 is 22.7 Å². The molecule has 1 aliphatic rings. The van der Waals surface area contributed by atoms with Crippen LogP contribution in [-0.2, 0) is 17.1 Å². The van der Waals surface area contributed by atoms with E-state index in [-0.39, 0.29) is 5.78 Å². The Bertz CT molecular complexity index is 1240. The average molecular weight is 475 g/mol. The molecule has 0 aliphatic carbocycles. The van der Waals surface area contributed by atoms with Crippen LogP contribution < -0.4 is 14.2 Å². The summed E-state index contributed by atoms with van der Waals surface area (Å²) >= 11 is 1.29. The highest BCUT2D eigenvalue weighted by Gasteiger charge is 2.28. The maximum atomic E-state index is 12.8. The summed E-state index contributed by atoms with van der Waals surface area (Å²) in [5.74, 6) is 1.85. The standard InChI is InChI=1S/C21H22N4O5S2/c1-13(19(26)14-8-10-15(11-9-14)24-32(3,27)28)31-21-23-22-20(25(21)2)18-12-29-16-6-4-5-7-17(16)30-18/h4-11,13,18,24H,12H2,1-3H3/t13-,18+/m0/s1. The van der Waals surface area contributed by atoms with Gasteiger partial charge >= 0.3 is 0 Å². The monoisotopic (exact) mass is 474 g/mol. The van der Waals surface area contributed by atoms with Crippen molar-refractivity contribution in [2.24, 2.45) is 7.05 Å². The van der Waals surface area contributed by atoms with Gasteiger partial charge in [0.25, 0.3) is 0 Å². The Morgan fingerprint density at radius 2 is 1.84 bits per heavy atom. The first-order valence-electron chi connectivity index (χ1n) is 9.78. The molecule has 2 atom stereocenters. The van der Waals surface area contributed by atoms with Crippen molar-refractivity contribution in [3.63, 3.8) is 0 Å². The second-order valence-corrected chi connectivity index (χ2v) is 10.4. The van der Waals surface area contributed by atoms with Crippen LogP contribution in [0.15, 0.2) is 53.7 Å². The summed E-state index contributed by atoms with van der Waals surface area (Å²) in [7, 11) is -1.55. The lowest BCUT2D eigenvalue weighted by atomic mass is 10.1. The molecule has 0 saturated carbocycles. The van der Waals surface area contributed by atoms with Gasteiger partial charge in [0.2, 0.25) is 10.0 Å². The maximum absolute atomic E-state index is 12.8. The summed E-state index contributed by atoms with van der Waals surface area (Å²) in [6, 6.07) is 13.8. The highest BCUT2D eigenvalue weighted by molar-refractivity contribution is 8.00. The van der Waals surface area contributed by atoms with Crippen molar-refractivity contribution in [3.05, 3.63) is 59.9 Å². The van der Waals surface area contributed by atoms with Gasteiger partial charge in [-0.3, -0.25) is 9.52 Å². The summed E-state index contributed by atoms with van der Waals surface area (Å²) in [4.78, 5) is 12.8. The number of benzene rings is 2. The van der Waals surface area contributed by atoms with Crippen LogP contribution in [0.1, 0.15) is 29.2 Å². The SMILES string of the molecule is C[C@H](Sc1nnc([C@H]2COc3ccccc3O2)n1C)C(=O)c1ccc(NS(C)(=O)=O)cc1. The van der Waals surface area contributed by atoms with E-state index in [0.717, 1.165) is 6.26 Å². The number of nitrogens with zero attached hydrogens (tertiary/aromatic N) is 3. The number of ketones is 1. The minimum Gasteiger partial charge on any atom is -0.485 e. The molecule has 168 valence electrons. The van der Waals surface area contributed by atoms with Crippen molar-refractivity contribution in [2.45, 2.75) is 23.4 Å². The van der Waals surface area contributed by atoms with E-state index in [0.29, 0.717) is 40.3 Å². The largest absolute Gasteiger partial charge is 0.485 e. The summed E-state index contributed by atoms with van der Waals surface area (Å²) in [6.45, 7) is 2.11. The molecule has 1 N–H and O–H groups in total. The molecule has 11 heteroatoms. The van der Waals surface area contributed by atoms with Crippen molar-refractivity contribution >= 4 is 33.3 Å². The molecule has 0 spiro atoms. The number of thioether (sulfide) groups is 1. The second kappa shape index (κ2) is 8.83. The van der Waals surface area contributed by atoms with Gasteiger partial charge in [0.05, 0.1) is 11.5 Å². The van der Waals surface area contributed by atoms with Crippen LogP contribution in [0.2, 0.25) is 0 Å². The maximum Gasteiger partial charge on any atom is 0.229 e. The normalized spacial score (nSPS) is 16.4. The van der Waals surface area contributed by atoms with Crippen molar-refractivity contribution in [1.29, 1.82) is 0 Å². The number of para-hydroxylation sites is 2. The van der Waals surface area contributed by atoms with Gasteiger partial charge in [-0.25, -0.2) is 8.42 Å². The van der Waals surface area contributed by atoms with Gasteiger partial charge in [-0.2, -0.15) is 0 Å². The van der Waals surface area contributed by atoms with E-state index >= 15 is 0 Å². The Morgan fingerprint density at radius 3 is 2.53 bits per heavy atom. The number of nitrogens with one attached hydrogen (secondary N) is 1. The number of anilines is 1. The lowest BCUT2D eigenvalue weighted by Crippen LogP contribution is -2.24. The molecule has 2 heterocycles. The van der Waals surface area contributed by atoms with E-state index in [4.69, 9.17) is 9.47 Å².